The highest BCUT2D eigenvalue weighted by atomic mass is 35.5. The van der Waals surface area contributed by atoms with E-state index >= 15 is 0 Å². The fraction of sp³-hybridized carbons (Fsp3) is 0. The third kappa shape index (κ3) is 3.68. The third-order valence-corrected chi connectivity index (χ3v) is 5.24. The Bertz CT molecular complexity index is 1220. The van der Waals surface area contributed by atoms with Gasteiger partial charge in [0.2, 0.25) is 5.89 Å². The molecule has 2 heterocycles. The maximum Gasteiger partial charge on any atom is 0.322 e. The van der Waals surface area contributed by atoms with Crippen LogP contribution in [0.2, 0.25) is 10.0 Å². The number of anilines is 1. The number of hydrogen-bond donors (Lipinski definition) is 1. The molecule has 0 aliphatic rings. The molecule has 1 amide bonds. The predicted octanol–water partition coefficient (Wildman–Crippen LogP) is 5.42. The summed E-state index contributed by atoms with van der Waals surface area (Å²) in [6, 6.07) is 10.6. The molecular weight excluding hydrogens is 427 g/mol. The van der Waals surface area contributed by atoms with Crippen LogP contribution in [0.4, 0.5) is 11.7 Å². The zero-order valence-corrected chi connectivity index (χ0v) is 16.0. The second-order valence-corrected chi connectivity index (χ2v) is 7.57. The van der Waals surface area contributed by atoms with Gasteiger partial charge in [-0.05, 0) is 30.3 Å². The summed E-state index contributed by atoms with van der Waals surface area (Å²) in [5.41, 5.74) is 0.471. The highest BCUT2D eigenvalue weighted by molar-refractivity contribution is 7.20. The van der Waals surface area contributed by atoms with Gasteiger partial charge in [-0.25, -0.2) is 0 Å². The van der Waals surface area contributed by atoms with E-state index in [1.165, 1.54) is 23.5 Å². The lowest BCUT2D eigenvalue weighted by Crippen LogP contribution is -2.10. The molecule has 4 rings (SSSR count). The van der Waals surface area contributed by atoms with Crippen LogP contribution in [0.5, 0.6) is 0 Å². The van der Waals surface area contributed by atoms with Gasteiger partial charge in [-0.2, -0.15) is 0 Å². The standard InChI is InChI=1S/C17H8Cl2N4O4S/c18-10-3-9(4-11(19)7-10)16-21-22-17(27-16)20-15(24)14-6-8-5-12(23(25)26)1-2-13(8)28-14/h1-7H,(H,20,22,24). The number of carbonyl (C=O) groups is 1. The second-order valence-electron chi connectivity index (χ2n) is 5.61. The van der Waals surface area contributed by atoms with Crippen molar-refractivity contribution in [2.75, 3.05) is 5.32 Å². The van der Waals surface area contributed by atoms with Gasteiger partial charge in [0.1, 0.15) is 0 Å². The van der Waals surface area contributed by atoms with Gasteiger partial charge in [0.15, 0.2) is 0 Å². The summed E-state index contributed by atoms with van der Waals surface area (Å²) in [6.07, 6.45) is 0. The minimum absolute atomic E-state index is 0.0426. The van der Waals surface area contributed by atoms with Crippen molar-refractivity contribution in [3.05, 3.63) is 67.5 Å². The lowest BCUT2D eigenvalue weighted by Gasteiger charge is -1.98. The highest BCUT2D eigenvalue weighted by Crippen LogP contribution is 2.30. The Morgan fingerprint density at radius 1 is 1.11 bits per heavy atom. The van der Waals surface area contributed by atoms with Crippen LogP contribution >= 0.6 is 34.5 Å². The van der Waals surface area contributed by atoms with E-state index in [1.54, 1.807) is 30.3 Å². The molecular formula is C17H8Cl2N4O4S. The molecule has 0 aliphatic heterocycles. The monoisotopic (exact) mass is 434 g/mol. The van der Waals surface area contributed by atoms with E-state index in [-0.39, 0.29) is 17.6 Å². The van der Waals surface area contributed by atoms with Crippen molar-refractivity contribution in [3.8, 4) is 11.5 Å². The Morgan fingerprint density at radius 2 is 1.86 bits per heavy atom. The van der Waals surface area contributed by atoms with Gasteiger partial charge < -0.3 is 4.42 Å². The number of nitrogens with zero attached hydrogens (tertiary/aromatic N) is 3. The first-order chi connectivity index (χ1) is 13.4. The average molecular weight is 435 g/mol. The normalized spacial score (nSPS) is 10.9. The van der Waals surface area contributed by atoms with Gasteiger partial charge in [-0.3, -0.25) is 20.2 Å². The number of nitro groups is 1. The van der Waals surface area contributed by atoms with E-state index in [9.17, 15) is 14.9 Å². The second kappa shape index (κ2) is 7.19. The van der Waals surface area contributed by atoms with Crippen LogP contribution in [-0.4, -0.2) is 21.0 Å². The van der Waals surface area contributed by atoms with Gasteiger partial charge in [0, 0.05) is 37.8 Å². The molecule has 0 spiro atoms. The summed E-state index contributed by atoms with van der Waals surface area (Å²) in [6.45, 7) is 0. The molecule has 0 unspecified atom stereocenters. The van der Waals surface area contributed by atoms with Crippen molar-refractivity contribution >= 4 is 62.2 Å². The number of halogens is 2. The zero-order valence-electron chi connectivity index (χ0n) is 13.7. The molecule has 0 atom stereocenters. The molecule has 2 aromatic heterocycles. The molecule has 0 radical (unpaired) electrons. The number of non-ortho nitro benzene ring substituents is 1. The van der Waals surface area contributed by atoms with E-state index in [2.05, 4.69) is 15.5 Å². The number of rotatable bonds is 4. The molecule has 11 heteroatoms. The molecule has 2 aromatic carbocycles. The van der Waals surface area contributed by atoms with Crippen molar-refractivity contribution < 1.29 is 14.1 Å². The summed E-state index contributed by atoms with van der Waals surface area (Å²) in [4.78, 5) is 23.2. The van der Waals surface area contributed by atoms with Crippen LogP contribution in [0.25, 0.3) is 21.5 Å². The first-order valence-corrected chi connectivity index (χ1v) is 9.25. The van der Waals surface area contributed by atoms with Crippen LogP contribution in [0.3, 0.4) is 0 Å². The average Bonchev–Trinajstić information content (AvgIpc) is 3.26. The number of benzene rings is 2. The quantitative estimate of drug-likeness (QED) is 0.339. The van der Waals surface area contributed by atoms with E-state index < -0.39 is 10.8 Å². The Balaban J connectivity index is 1.56. The third-order valence-electron chi connectivity index (χ3n) is 3.69. The topological polar surface area (TPSA) is 111 Å². The Hall–Kier alpha value is -3.01. The summed E-state index contributed by atoms with van der Waals surface area (Å²) in [5, 5.41) is 22.5. The Kier molecular flexibility index (Phi) is 4.71. The van der Waals surface area contributed by atoms with E-state index in [1.807, 2.05) is 0 Å². The lowest BCUT2D eigenvalue weighted by molar-refractivity contribution is -0.384. The van der Waals surface area contributed by atoms with Crippen LogP contribution in [-0.2, 0) is 0 Å². The van der Waals surface area contributed by atoms with Crippen molar-refractivity contribution in [2.45, 2.75) is 0 Å². The maximum absolute atomic E-state index is 12.5. The number of nitrogens with one attached hydrogen (secondary N) is 1. The van der Waals surface area contributed by atoms with Crippen LogP contribution < -0.4 is 5.32 Å². The number of amides is 1. The molecule has 140 valence electrons. The predicted molar refractivity (Wildman–Crippen MR) is 106 cm³/mol. The minimum Gasteiger partial charge on any atom is -0.403 e. The van der Waals surface area contributed by atoms with Crippen molar-refractivity contribution in [3.63, 3.8) is 0 Å². The lowest BCUT2D eigenvalue weighted by atomic mass is 10.2. The van der Waals surface area contributed by atoms with E-state index in [0.29, 0.717) is 25.9 Å². The summed E-state index contributed by atoms with van der Waals surface area (Å²) in [7, 11) is 0. The van der Waals surface area contributed by atoms with Crippen molar-refractivity contribution in [2.24, 2.45) is 0 Å². The molecule has 0 aliphatic carbocycles. The number of thiophene rings is 1. The van der Waals surface area contributed by atoms with Gasteiger partial charge in [-0.15, -0.1) is 16.4 Å². The maximum atomic E-state index is 12.5. The fourth-order valence-electron chi connectivity index (χ4n) is 2.48. The largest absolute Gasteiger partial charge is 0.403 e. The number of fused-ring (bicyclic) bond motifs is 1. The van der Waals surface area contributed by atoms with Gasteiger partial charge in [0.25, 0.3) is 11.6 Å². The zero-order chi connectivity index (χ0) is 19.8. The van der Waals surface area contributed by atoms with Crippen LogP contribution in [0, 0.1) is 10.1 Å². The van der Waals surface area contributed by atoms with Gasteiger partial charge in [0.05, 0.1) is 9.80 Å². The fourth-order valence-corrected chi connectivity index (χ4v) is 3.95. The highest BCUT2D eigenvalue weighted by Gasteiger charge is 2.17. The Morgan fingerprint density at radius 3 is 2.57 bits per heavy atom. The van der Waals surface area contributed by atoms with Gasteiger partial charge >= 0.3 is 6.01 Å². The molecule has 1 N–H and O–H groups in total. The molecule has 0 bridgehead atoms. The van der Waals surface area contributed by atoms with Crippen molar-refractivity contribution in [1.82, 2.24) is 10.2 Å². The smallest absolute Gasteiger partial charge is 0.322 e. The number of carbonyl (C=O) groups excluding carboxylic acids is 1. The first kappa shape index (κ1) is 18.4. The van der Waals surface area contributed by atoms with Crippen LogP contribution in [0.1, 0.15) is 9.67 Å². The number of aromatic nitrogens is 2. The molecule has 0 saturated heterocycles. The molecule has 28 heavy (non-hydrogen) atoms. The molecule has 8 nitrogen and oxygen atoms in total. The summed E-state index contributed by atoms with van der Waals surface area (Å²) >= 11 is 13.1. The number of hydrogen-bond acceptors (Lipinski definition) is 7. The molecule has 0 saturated carbocycles. The van der Waals surface area contributed by atoms with E-state index in [0.717, 1.165) is 4.70 Å². The van der Waals surface area contributed by atoms with E-state index in [4.69, 9.17) is 27.6 Å². The van der Waals surface area contributed by atoms with Gasteiger partial charge in [-0.1, -0.05) is 28.3 Å². The molecule has 4 aromatic rings. The minimum atomic E-state index is -0.487. The summed E-state index contributed by atoms with van der Waals surface area (Å²) in [5.74, 6) is -0.324. The van der Waals surface area contributed by atoms with Crippen LogP contribution in [0.15, 0.2) is 46.9 Å². The molecule has 0 fully saturated rings. The summed E-state index contributed by atoms with van der Waals surface area (Å²) < 4.78 is 6.19. The van der Waals surface area contributed by atoms with Crippen molar-refractivity contribution in [1.29, 1.82) is 0 Å². The number of nitro benzene ring substituents is 1. The SMILES string of the molecule is O=C(Nc1nnc(-c2cc(Cl)cc(Cl)c2)o1)c1cc2cc([N+](=O)[O-])ccc2s1. The Labute approximate surface area is 170 Å². The first-order valence-electron chi connectivity index (χ1n) is 7.68.